The Kier molecular flexibility index (Phi) is 31.3. The molecule has 32 heteroatoms. The summed E-state index contributed by atoms with van der Waals surface area (Å²) in [7, 11) is 0.791. The number of hydrogen-bond acceptors (Lipinski definition) is 24. The van der Waals surface area contributed by atoms with Gasteiger partial charge in [0, 0.05) is 42.9 Å². The molecule has 0 atom stereocenters. The number of tetrazole rings is 2. The molecule has 2 aliphatic carbocycles. The van der Waals surface area contributed by atoms with Gasteiger partial charge in [-0.15, -0.1) is 15.3 Å². The van der Waals surface area contributed by atoms with E-state index in [1.807, 2.05) is 206 Å². The summed E-state index contributed by atoms with van der Waals surface area (Å²) in [6, 6.07) is 64.3. The second-order valence-electron chi connectivity index (χ2n) is 36.8. The summed E-state index contributed by atoms with van der Waals surface area (Å²) < 4.78 is 115. The lowest BCUT2D eigenvalue weighted by Crippen LogP contribution is -2.32. The number of nitrogens with zero attached hydrogens (tertiary/aromatic N) is 12. The third kappa shape index (κ3) is 24.4. The molecular weight excluding hydrogens is 1800 g/mol. The average Bonchev–Trinajstić information content (AvgIpc) is 1.35. The summed E-state index contributed by atoms with van der Waals surface area (Å²) in [5, 5.41) is 33.8. The van der Waals surface area contributed by atoms with Gasteiger partial charge in [0.2, 0.25) is 25.9 Å². The van der Waals surface area contributed by atoms with Crippen molar-refractivity contribution in [2.75, 3.05) is 53.3 Å². The fourth-order valence-electron chi connectivity index (χ4n) is 17.4. The first-order chi connectivity index (χ1) is 65.4. The molecule has 4 heterocycles. The number of aryl methyl sites for hydroxylation is 2. The van der Waals surface area contributed by atoms with Crippen LogP contribution in [0.3, 0.4) is 0 Å². The van der Waals surface area contributed by atoms with Crippen LogP contribution in [0, 0.1) is 23.7 Å². The zero-order chi connectivity index (χ0) is 96.0. The van der Waals surface area contributed by atoms with Gasteiger partial charge < -0.3 is 37.9 Å². The fraction of sp³-hybridized carbons (Fsp3) is 0.365. The summed E-state index contributed by atoms with van der Waals surface area (Å²) in [6.07, 6.45) is 10.4. The quantitative estimate of drug-likeness (QED) is 0.0378. The summed E-state index contributed by atoms with van der Waals surface area (Å²) in [5.74, 6) is 6.77. The molecule has 16 rings (SSSR count). The number of methoxy groups -OCH3 is 6. The Morgan fingerprint density at radius 1 is 0.412 bits per heavy atom. The van der Waals surface area contributed by atoms with E-state index in [4.69, 9.17) is 53.0 Å². The first-order valence-corrected chi connectivity index (χ1v) is 50.4. The molecule has 4 aromatic heterocycles. The van der Waals surface area contributed by atoms with Gasteiger partial charge in [0.1, 0.15) is 45.7 Å². The van der Waals surface area contributed by atoms with E-state index in [0.717, 1.165) is 113 Å². The number of benzene rings is 10. The normalized spacial score (nSPS) is 15.4. The van der Waals surface area contributed by atoms with Gasteiger partial charge >= 0.3 is 12.2 Å². The molecule has 0 spiro atoms. The highest BCUT2D eigenvalue weighted by Gasteiger charge is 2.39. The zero-order valence-corrected chi connectivity index (χ0v) is 82.6. The van der Waals surface area contributed by atoms with Crippen molar-refractivity contribution in [1.29, 1.82) is 0 Å². The first-order valence-electron chi connectivity index (χ1n) is 45.8. The molecule has 712 valence electrons. The van der Waals surface area contributed by atoms with Gasteiger partial charge in [-0.05, 0) is 247 Å². The smallest absolute Gasteiger partial charge is 0.413 e. The first kappa shape index (κ1) is 97.8. The number of aromatic nitrogens is 10. The van der Waals surface area contributed by atoms with E-state index in [9.17, 15) is 9.59 Å². The van der Waals surface area contributed by atoms with E-state index in [-0.39, 0.29) is 60.7 Å². The highest BCUT2D eigenvalue weighted by molar-refractivity contribution is 7.89. The number of sulfonamides is 2. The highest BCUT2D eigenvalue weighted by atomic mass is 32.2. The molecule has 2 amide bonds. The predicted octanol–water partition coefficient (Wildman–Crippen LogP) is 22.4. The van der Waals surface area contributed by atoms with E-state index < -0.39 is 43.4 Å². The standard InChI is InChI=1S/2C52H59N7O7S2/c1-34-11-13-35(14-12-34)15-22-39-23-30-43(44-9-8-10-45-47(44)53-50(67-45)54-51(60)66-52(2,3)4)46(49-55-56-57-59(49)33-38-20-28-42(65-7)29-21-38)48(39)68(61,62)58(31-36-16-24-40(63-5)25-17-36)32-37-18-26-41(64-6)27-19-37;1-34-11-13-35(14-12-34)15-22-39-23-30-43(44-9-8-10-45-47(44)53-50(67-45)54-51(60)66-52(2,3)4)46(49-55-57-59(56-49)33-38-20-28-42(65-7)29-21-38)48(39)68(61,62)58(31-36-16-24-40(63-5)25-17-36)32-37-18-26-41(64-6)27-19-37/h2*8-10,16-21,23-30,34-35H,11-15,22,31-33H2,1-7H3,(H,53,54,60). The number of anilines is 2. The van der Waals surface area contributed by atoms with Crippen LogP contribution in [0.15, 0.2) is 216 Å². The second-order valence-corrected chi connectivity index (χ2v) is 42.6. The van der Waals surface area contributed by atoms with E-state index in [1.54, 1.807) is 88.9 Å². The Morgan fingerprint density at radius 3 is 1.12 bits per heavy atom. The number of thiazole rings is 2. The van der Waals surface area contributed by atoms with E-state index in [2.05, 4.69) is 50.3 Å². The maximum absolute atomic E-state index is 16.4. The summed E-state index contributed by atoms with van der Waals surface area (Å²) in [6.45, 7) is 16.1. The van der Waals surface area contributed by atoms with Crippen molar-refractivity contribution in [3.8, 4) is 79.5 Å². The molecule has 2 saturated carbocycles. The van der Waals surface area contributed by atoms with Crippen molar-refractivity contribution in [3.63, 3.8) is 0 Å². The SMILES string of the molecule is COc1ccc(CN(Cc2ccc(OC)cc2)S(=O)(=O)c2c(CCC3CCC(C)CC3)ccc(-c3cccc4sc(NC(=O)OC(C)(C)C)nc34)c2-c2nnn(Cc3ccc(OC)cc3)n2)cc1.COc1ccc(CN(Cc2ccc(OC)cc2)S(=O)(=O)c2c(CCC3CCC(C)CC3)ccc(-c3cccc4sc(NC(=O)OC(C)(C)C)nc34)c2-c2nnnn2Cc2ccc(OC)cc2)cc1. The van der Waals surface area contributed by atoms with Crippen molar-refractivity contribution in [1.82, 2.24) is 59.0 Å². The minimum absolute atomic E-state index is 0.0557. The van der Waals surface area contributed by atoms with E-state index >= 15 is 16.8 Å². The molecule has 2 fully saturated rings. The van der Waals surface area contributed by atoms with Gasteiger partial charge in [0.05, 0.1) is 91.5 Å². The summed E-state index contributed by atoms with van der Waals surface area (Å²) >= 11 is 2.59. The molecule has 2 aliphatic rings. The van der Waals surface area contributed by atoms with Crippen LogP contribution in [0.4, 0.5) is 19.9 Å². The van der Waals surface area contributed by atoms with Gasteiger partial charge in [-0.2, -0.15) is 13.4 Å². The molecule has 136 heavy (non-hydrogen) atoms. The number of ether oxygens (including phenoxy) is 8. The van der Waals surface area contributed by atoms with Crippen molar-refractivity contribution in [2.45, 2.75) is 193 Å². The monoisotopic (exact) mass is 1910 g/mol. The molecular formula is C104H118N14O14S4. The minimum Gasteiger partial charge on any atom is -0.497 e. The number of carbonyl (C=O) groups excluding carboxylic acids is 2. The van der Waals surface area contributed by atoms with Gasteiger partial charge in [0.15, 0.2) is 16.1 Å². The third-order valence-corrected chi connectivity index (χ3v) is 30.4. The van der Waals surface area contributed by atoms with Crippen LogP contribution in [0.2, 0.25) is 0 Å². The van der Waals surface area contributed by atoms with Crippen molar-refractivity contribution >= 4 is 85.6 Å². The molecule has 10 aromatic carbocycles. The number of fused-ring (bicyclic) bond motifs is 2. The maximum Gasteiger partial charge on any atom is 0.413 e. The van der Waals surface area contributed by atoms with Crippen LogP contribution in [0.1, 0.15) is 164 Å². The van der Waals surface area contributed by atoms with Crippen LogP contribution >= 0.6 is 22.7 Å². The van der Waals surface area contributed by atoms with Crippen LogP contribution in [0.5, 0.6) is 34.5 Å². The minimum atomic E-state index is -4.43. The molecule has 2 N–H and O–H groups in total. The Hall–Kier alpha value is -12.7. The maximum atomic E-state index is 16.4. The number of rotatable bonds is 34. The van der Waals surface area contributed by atoms with E-state index in [1.165, 1.54) is 36.1 Å². The lowest BCUT2D eigenvalue weighted by Gasteiger charge is -2.28. The number of para-hydroxylation sites is 2. The Labute approximate surface area is 803 Å². The molecule has 0 bridgehead atoms. The summed E-state index contributed by atoms with van der Waals surface area (Å²) in [4.78, 5) is 37.5. The van der Waals surface area contributed by atoms with Gasteiger partial charge in [-0.25, -0.2) is 41.1 Å². The van der Waals surface area contributed by atoms with Crippen molar-refractivity contribution in [2.24, 2.45) is 23.7 Å². The lowest BCUT2D eigenvalue weighted by atomic mass is 9.80. The molecule has 0 unspecified atom stereocenters. The Bertz CT molecular complexity index is 6590. The Balaban J connectivity index is 0.000000207. The number of hydrogen-bond donors (Lipinski definition) is 2. The van der Waals surface area contributed by atoms with Gasteiger partial charge in [0.25, 0.3) is 0 Å². The zero-order valence-electron chi connectivity index (χ0n) is 79.4. The number of nitrogens with one attached hydrogen (secondary N) is 2. The third-order valence-electron chi connectivity index (χ3n) is 24.7. The molecule has 0 aliphatic heterocycles. The Morgan fingerprint density at radius 2 is 0.757 bits per heavy atom. The van der Waals surface area contributed by atoms with Crippen molar-refractivity contribution in [3.05, 3.63) is 251 Å². The second kappa shape index (κ2) is 43.5. The van der Waals surface area contributed by atoms with Crippen LogP contribution in [0.25, 0.3) is 65.5 Å². The molecule has 0 radical (unpaired) electrons. The summed E-state index contributed by atoms with van der Waals surface area (Å²) in [5.41, 5.74) is 9.01. The molecule has 28 nitrogen and oxygen atoms in total. The van der Waals surface area contributed by atoms with Gasteiger partial charge in [-0.1, -0.05) is 209 Å². The highest BCUT2D eigenvalue weighted by Crippen LogP contribution is 2.48. The largest absolute Gasteiger partial charge is 0.497 e. The molecule has 14 aromatic rings. The average molecular weight is 1920 g/mol. The van der Waals surface area contributed by atoms with Crippen LogP contribution in [-0.4, -0.2) is 142 Å². The van der Waals surface area contributed by atoms with Crippen LogP contribution in [-0.2, 0) is 81.6 Å². The number of amides is 2. The topological polar surface area (TPSA) is 320 Å². The number of carbonyl (C=O) groups is 2. The molecule has 0 saturated heterocycles. The van der Waals surface area contributed by atoms with E-state index in [0.29, 0.717) is 131 Å². The predicted molar refractivity (Wildman–Crippen MR) is 531 cm³/mol. The van der Waals surface area contributed by atoms with Crippen molar-refractivity contribution < 1.29 is 64.3 Å². The fourth-order valence-corrected chi connectivity index (χ4v) is 22.9. The lowest BCUT2D eigenvalue weighted by molar-refractivity contribution is 0.0624. The van der Waals surface area contributed by atoms with Gasteiger partial charge in [-0.3, -0.25) is 10.6 Å². The van der Waals surface area contributed by atoms with Crippen LogP contribution < -0.4 is 39.1 Å².